The number of nitro groups is 1. The summed E-state index contributed by atoms with van der Waals surface area (Å²) in [7, 11) is 0. The third-order valence-electron chi connectivity index (χ3n) is 4.56. The number of carbonyl (C=O) groups excluding carboxylic acids is 2. The largest absolute Gasteiger partial charge is 0.455 e. The number of aryl methyl sites for hydroxylation is 2. The van der Waals surface area contributed by atoms with Gasteiger partial charge >= 0.3 is 5.97 Å². The first kappa shape index (κ1) is 19.5. The SMILES string of the molecule is O=C(COC(=O)Cc1ccc2c(c1)CCCC2)Nc1cc([N+](=O)[O-])ccc1F. The van der Waals surface area contributed by atoms with Gasteiger partial charge in [0.05, 0.1) is 17.0 Å². The topological polar surface area (TPSA) is 98.5 Å². The lowest BCUT2D eigenvalue weighted by Crippen LogP contribution is -2.22. The van der Waals surface area contributed by atoms with Gasteiger partial charge in [-0.05, 0) is 48.4 Å². The number of nitrogens with one attached hydrogen (secondary N) is 1. The fourth-order valence-electron chi connectivity index (χ4n) is 3.17. The second kappa shape index (κ2) is 8.60. The fourth-order valence-corrected chi connectivity index (χ4v) is 3.17. The lowest BCUT2D eigenvalue weighted by molar-refractivity contribution is -0.384. The van der Waals surface area contributed by atoms with Crippen LogP contribution in [0.2, 0.25) is 0 Å². The Balaban J connectivity index is 1.52. The van der Waals surface area contributed by atoms with Crippen LogP contribution in [0, 0.1) is 15.9 Å². The average molecular weight is 386 g/mol. The number of carbonyl (C=O) groups is 2. The molecule has 0 unspecified atom stereocenters. The number of fused-ring (bicyclic) bond motifs is 1. The minimum absolute atomic E-state index is 0.0335. The van der Waals surface area contributed by atoms with Crippen LogP contribution in [0.25, 0.3) is 0 Å². The summed E-state index contributed by atoms with van der Waals surface area (Å²) >= 11 is 0. The molecule has 0 fully saturated rings. The number of rotatable bonds is 6. The number of amides is 1. The number of ether oxygens (including phenoxy) is 1. The van der Waals surface area contributed by atoms with Crippen molar-refractivity contribution in [3.63, 3.8) is 0 Å². The molecule has 1 amide bonds. The maximum Gasteiger partial charge on any atom is 0.310 e. The summed E-state index contributed by atoms with van der Waals surface area (Å²) in [6.07, 6.45) is 4.39. The number of non-ortho nitro benzene ring substituents is 1. The van der Waals surface area contributed by atoms with Crippen LogP contribution in [-0.2, 0) is 33.6 Å². The zero-order valence-corrected chi connectivity index (χ0v) is 15.1. The van der Waals surface area contributed by atoms with E-state index in [9.17, 15) is 24.1 Å². The smallest absolute Gasteiger partial charge is 0.310 e. The summed E-state index contributed by atoms with van der Waals surface area (Å²) in [5.41, 5.74) is 2.67. The lowest BCUT2D eigenvalue weighted by Gasteiger charge is -2.16. The average Bonchev–Trinajstić information content (AvgIpc) is 2.68. The molecule has 0 radical (unpaired) electrons. The molecule has 0 aromatic heterocycles. The number of nitro benzene ring substituents is 1. The first-order valence-electron chi connectivity index (χ1n) is 8.92. The van der Waals surface area contributed by atoms with Crippen LogP contribution in [0.3, 0.4) is 0 Å². The van der Waals surface area contributed by atoms with E-state index in [0.29, 0.717) is 0 Å². The molecule has 0 saturated carbocycles. The number of benzene rings is 2. The monoisotopic (exact) mass is 386 g/mol. The van der Waals surface area contributed by atoms with E-state index in [-0.39, 0.29) is 17.8 Å². The summed E-state index contributed by atoms with van der Waals surface area (Å²) in [4.78, 5) is 33.9. The molecular formula is C20H19FN2O5. The van der Waals surface area contributed by atoms with Crippen LogP contribution in [0.5, 0.6) is 0 Å². The minimum atomic E-state index is -0.820. The Kier molecular flexibility index (Phi) is 5.98. The van der Waals surface area contributed by atoms with E-state index < -0.39 is 29.2 Å². The van der Waals surface area contributed by atoms with Crippen molar-refractivity contribution in [2.45, 2.75) is 32.1 Å². The first-order valence-corrected chi connectivity index (χ1v) is 8.92. The maximum absolute atomic E-state index is 13.7. The molecule has 0 atom stereocenters. The van der Waals surface area contributed by atoms with Gasteiger partial charge in [0.15, 0.2) is 6.61 Å². The zero-order valence-electron chi connectivity index (χ0n) is 15.1. The Morgan fingerprint density at radius 3 is 2.61 bits per heavy atom. The van der Waals surface area contributed by atoms with Crippen molar-refractivity contribution in [1.29, 1.82) is 0 Å². The number of esters is 1. The molecule has 7 nitrogen and oxygen atoms in total. The van der Waals surface area contributed by atoms with Gasteiger partial charge in [-0.15, -0.1) is 0 Å². The van der Waals surface area contributed by atoms with E-state index in [1.54, 1.807) is 0 Å². The number of anilines is 1. The van der Waals surface area contributed by atoms with Gasteiger partial charge in [-0.3, -0.25) is 19.7 Å². The molecule has 1 aliphatic carbocycles. The van der Waals surface area contributed by atoms with Gasteiger partial charge in [0.1, 0.15) is 5.82 Å². The molecular weight excluding hydrogens is 367 g/mol. The predicted molar refractivity (Wildman–Crippen MR) is 99.4 cm³/mol. The molecule has 0 aliphatic heterocycles. The predicted octanol–water partition coefficient (Wildman–Crippen LogP) is 3.34. The van der Waals surface area contributed by atoms with Crippen molar-refractivity contribution in [3.05, 3.63) is 69.0 Å². The van der Waals surface area contributed by atoms with Crippen LogP contribution in [0.15, 0.2) is 36.4 Å². The third-order valence-corrected chi connectivity index (χ3v) is 4.56. The van der Waals surface area contributed by atoms with Crippen molar-refractivity contribution < 1.29 is 23.6 Å². The molecule has 28 heavy (non-hydrogen) atoms. The molecule has 0 spiro atoms. The van der Waals surface area contributed by atoms with Crippen molar-refractivity contribution >= 4 is 23.3 Å². The zero-order chi connectivity index (χ0) is 20.1. The molecule has 2 aromatic carbocycles. The Bertz CT molecular complexity index is 929. The van der Waals surface area contributed by atoms with E-state index in [2.05, 4.69) is 5.32 Å². The molecule has 1 aliphatic rings. The molecule has 3 rings (SSSR count). The van der Waals surface area contributed by atoms with Gasteiger partial charge in [0, 0.05) is 12.1 Å². The molecule has 1 N–H and O–H groups in total. The third kappa shape index (κ3) is 4.91. The standard InChI is InChI=1S/C20H19FN2O5/c21-17-8-7-16(23(26)27)11-18(17)22-19(24)12-28-20(25)10-13-5-6-14-3-1-2-4-15(14)9-13/h5-9,11H,1-4,10,12H2,(H,22,24). The summed E-state index contributed by atoms with van der Waals surface area (Å²) in [6, 6.07) is 8.68. The minimum Gasteiger partial charge on any atom is -0.455 e. The van der Waals surface area contributed by atoms with Gasteiger partial charge in [-0.2, -0.15) is 0 Å². The molecule has 2 aromatic rings. The number of nitrogens with zero attached hydrogens (tertiary/aromatic N) is 1. The van der Waals surface area contributed by atoms with E-state index in [1.165, 1.54) is 17.5 Å². The van der Waals surface area contributed by atoms with Crippen LogP contribution < -0.4 is 5.32 Å². The lowest BCUT2D eigenvalue weighted by atomic mass is 9.90. The van der Waals surface area contributed by atoms with Crippen LogP contribution in [0.1, 0.15) is 29.5 Å². The fraction of sp³-hybridized carbons (Fsp3) is 0.300. The highest BCUT2D eigenvalue weighted by Crippen LogP contribution is 2.23. The molecule has 0 heterocycles. The molecule has 0 bridgehead atoms. The highest BCUT2D eigenvalue weighted by Gasteiger charge is 2.15. The number of halogens is 1. The molecule has 8 heteroatoms. The van der Waals surface area contributed by atoms with Crippen molar-refractivity contribution in [2.75, 3.05) is 11.9 Å². The summed E-state index contributed by atoms with van der Waals surface area (Å²) in [5.74, 6) is -2.18. The number of hydrogen-bond acceptors (Lipinski definition) is 5. The van der Waals surface area contributed by atoms with Gasteiger partial charge < -0.3 is 10.1 Å². The van der Waals surface area contributed by atoms with Gasteiger partial charge in [-0.1, -0.05) is 18.2 Å². The summed E-state index contributed by atoms with van der Waals surface area (Å²) < 4.78 is 18.6. The Morgan fingerprint density at radius 1 is 1.11 bits per heavy atom. The van der Waals surface area contributed by atoms with Crippen molar-refractivity contribution in [2.24, 2.45) is 0 Å². The van der Waals surface area contributed by atoms with Crippen LogP contribution >= 0.6 is 0 Å². The van der Waals surface area contributed by atoms with Crippen molar-refractivity contribution in [3.8, 4) is 0 Å². The van der Waals surface area contributed by atoms with Gasteiger partial charge in [-0.25, -0.2) is 4.39 Å². The van der Waals surface area contributed by atoms with Gasteiger partial charge in [0.2, 0.25) is 0 Å². The van der Waals surface area contributed by atoms with E-state index >= 15 is 0 Å². The molecule has 146 valence electrons. The normalized spacial score (nSPS) is 12.8. The van der Waals surface area contributed by atoms with E-state index in [1.807, 2.05) is 18.2 Å². The summed E-state index contributed by atoms with van der Waals surface area (Å²) in [5, 5.41) is 12.9. The Hall–Kier alpha value is -3.29. The molecule has 0 saturated heterocycles. The second-order valence-corrected chi connectivity index (χ2v) is 6.62. The van der Waals surface area contributed by atoms with Crippen LogP contribution in [0.4, 0.5) is 15.8 Å². The first-order chi connectivity index (χ1) is 13.4. The Labute approximate surface area is 160 Å². The second-order valence-electron chi connectivity index (χ2n) is 6.62. The highest BCUT2D eigenvalue weighted by atomic mass is 19.1. The summed E-state index contributed by atoms with van der Waals surface area (Å²) in [6.45, 7) is -0.605. The quantitative estimate of drug-likeness (QED) is 0.466. The van der Waals surface area contributed by atoms with Crippen LogP contribution in [-0.4, -0.2) is 23.4 Å². The van der Waals surface area contributed by atoms with Gasteiger partial charge in [0.25, 0.3) is 11.6 Å². The van der Waals surface area contributed by atoms with Crippen molar-refractivity contribution in [1.82, 2.24) is 0 Å². The Morgan fingerprint density at radius 2 is 1.86 bits per heavy atom. The number of hydrogen-bond donors (Lipinski definition) is 1. The maximum atomic E-state index is 13.7. The highest BCUT2D eigenvalue weighted by molar-refractivity contribution is 5.93. The van der Waals surface area contributed by atoms with E-state index in [4.69, 9.17) is 4.74 Å². The van der Waals surface area contributed by atoms with E-state index in [0.717, 1.165) is 43.0 Å².